The third kappa shape index (κ3) is 2.22. The van der Waals surface area contributed by atoms with E-state index in [-0.39, 0.29) is 5.82 Å². The minimum absolute atomic E-state index is 0.282. The fraction of sp³-hybridized carbons (Fsp3) is 0.545. The van der Waals surface area contributed by atoms with Crippen molar-refractivity contribution in [3.63, 3.8) is 0 Å². The van der Waals surface area contributed by atoms with Gasteiger partial charge in [-0.3, -0.25) is 0 Å². The molecule has 1 heterocycles. The van der Waals surface area contributed by atoms with Gasteiger partial charge in [0.1, 0.15) is 11.6 Å². The van der Waals surface area contributed by atoms with Crippen LogP contribution in [0.25, 0.3) is 0 Å². The number of aromatic nitrogens is 1. The Hall–Kier alpha value is -1.12. The van der Waals surface area contributed by atoms with Crippen LogP contribution in [0.1, 0.15) is 26.2 Å². The summed E-state index contributed by atoms with van der Waals surface area (Å²) < 4.78 is 12.6. The van der Waals surface area contributed by atoms with E-state index in [1.165, 1.54) is 31.5 Å². The maximum atomic E-state index is 12.6. The highest BCUT2D eigenvalue weighted by Gasteiger charge is 2.20. The van der Waals surface area contributed by atoms with E-state index in [0.29, 0.717) is 6.04 Å². The average molecular weight is 194 g/mol. The Morgan fingerprint density at radius 1 is 1.43 bits per heavy atom. The molecule has 0 spiro atoms. The Kier molecular flexibility index (Phi) is 2.66. The summed E-state index contributed by atoms with van der Waals surface area (Å²) in [6.45, 7) is 2.26. The predicted molar refractivity (Wildman–Crippen MR) is 54.6 cm³/mol. The van der Waals surface area contributed by atoms with Crippen molar-refractivity contribution in [1.29, 1.82) is 0 Å². The first-order valence-corrected chi connectivity index (χ1v) is 5.12. The Morgan fingerprint density at radius 3 is 2.86 bits per heavy atom. The molecule has 14 heavy (non-hydrogen) atoms. The molecular formula is C11H15FN2. The fourth-order valence-electron chi connectivity index (χ4n) is 2.01. The average Bonchev–Trinajstić information content (AvgIpc) is 2.56. The van der Waals surface area contributed by atoms with E-state index in [9.17, 15) is 4.39 Å². The standard InChI is InChI=1S/C11H15FN2/c1-8-2-4-10(6-8)14-11-5-3-9(12)7-13-11/h3,5,7-8,10H,2,4,6H2,1H3,(H,13,14). The Bertz CT molecular complexity index is 297. The van der Waals surface area contributed by atoms with Crippen LogP contribution in [0.2, 0.25) is 0 Å². The van der Waals surface area contributed by atoms with Crippen molar-refractivity contribution in [1.82, 2.24) is 4.98 Å². The van der Waals surface area contributed by atoms with Crippen LogP contribution in [0.3, 0.4) is 0 Å². The van der Waals surface area contributed by atoms with Crippen LogP contribution in [0.4, 0.5) is 10.2 Å². The highest BCUT2D eigenvalue weighted by Crippen LogP contribution is 2.26. The van der Waals surface area contributed by atoms with Crippen molar-refractivity contribution in [3.05, 3.63) is 24.1 Å². The van der Waals surface area contributed by atoms with Gasteiger partial charge in [-0.1, -0.05) is 6.92 Å². The van der Waals surface area contributed by atoms with Crippen molar-refractivity contribution < 1.29 is 4.39 Å². The van der Waals surface area contributed by atoms with E-state index in [0.717, 1.165) is 11.7 Å². The summed E-state index contributed by atoms with van der Waals surface area (Å²) in [6.07, 6.45) is 4.92. The van der Waals surface area contributed by atoms with Crippen LogP contribution in [-0.4, -0.2) is 11.0 Å². The summed E-state index contributed by atoms with van der Waals surface area (Å²) in [5, 5.41) is 3.32. The van der Waals surface area contributed by atoms with Gasteiger partial charge in [-0.05, 0) is 37.3 Å². The number of hydrogen-bond donors (Lipinski definition) is 1. The molecule has 3 heteroatoms. The zero-order valence-corrected chi connectivity index (χ0v) is 8.33. The van der Waals surface area contributed by atoms with E-state index in [2.05, 4.69) is 17.2 Å². The summed E-state index contributed by atoms with van der Waals surface area (Å²) in [4.78, 5) is 3.98. The molecule has 2 unspecified atom stereocenters. The lowest BCUT2D eigenvalue weighted by atomic mass is 10.1. The third-order valence-electron chi connectivity index (χ3n) is 2.77. The molecule has 1 N–H and O–H groups in total. The fourth-order valence-corrected chi connectivity index (χ4v) is 2.01. The quantitative estimate of drug-likeness (QED) is 0.783. The summed E-state index contributed by atoms with van der Waals surface area (Å²) in [5.41, 5.74) is 0. The van der Waals surface area contributed by atoms with Crippen LogP contribution < -0.4 is 5.32 Å². The van der Waals surface area contributed by atoms with Gasteiger partial charge in [-0.2, -0.15) is 0 Å². The second-order valence-corrected chi connectivity index (χ2v) is 4.12. The van der Waals surface area contributed by atoms with Crippen molar-refractivity contribution in [2.24, 2.45) is 5.92 Å². The summed E-state index contributed by atoms with van der Waals surface area (Å²) in [7, 11) is 0. The van der Waals surface area contributed by atoms with E-state index < -0.39 is 0 Å². The van der Waals surface area contributed by atoms with Gasteiger partial charge in [0, 0.05) is 6.04 Å². The maximum absolute atomic E-state index is 12.6. The molecule has 2 nitrogen and oxygen atoms in total. The molecule has 1 aliphatic carbocycles. The Labute approximate surface area is 83.6 Å². The summed E-state index contributed by atoms with van der Waals surface area (Å²) in [5.74, 6) is 1.30. The van der Waals surface area contributed by atoms with Crippen molar-refractivity contribution in [2.45, 2.75) is 32.2 Å². The largest absolute Gasteiger partial charge is 0.367 e. The van der Waals surface area contributed by atoms with Gasteiger partial charge in [0.2, 0.25) is 0 Å². The predicted octanol–water partition coefficient (Wildman–Crippen LogP) is 2.82. The summed E-state index contributed by atoms with van der Waals surface area (Å²) >= 11 is 0. The number of nitrogens with zero attached hydrogens (tertiary/aromatic N) is 1. The van der Waals surface area contributed by atoms with Gasteiger partial charge in [0.25, 0.3) is 0 Å². The molecule has 0 radical (unpaired) electrons. The molecule has 76 valence electrons. The first-order chi connectivity index (χ1) is 6.74. The first-order valence-electron chi connectivity index (χ1n) is 5.12. The highest BCUT2D eigenvalue weighted by molar-refractivity contribution is 5.35. The molecule has 1 aromatic rings. The number of halogens is 1. The van der Waals surface area contributed by atoms with Crippen LogP contribution >= 0.6 is 0 Å². The lowest BCUT2D eigenvalue weighted by Gasteiger charge is -2.12. The van der Waals surface area contributed by atoms with Crippen LogP contribution in [-0.2, 0) is 0 Å². The van der Waals surface area contributed by atoms with Gasteiger partial charge in [-0.25, -0.2) is 9.37 Å². The maximum Gasteiger partial charge on any atom is 0.141 e. The van der Waals surface area contributed by atoms with E-state index in [4.69, 9.17) is 0 Å². The molecule has 0 aromatic carbocycles. The topological polar surface area (TPSA) is 24.9 Å². The minimum atomic E-state index is -0.282. The Morgan fingerprint density at radius 2 is 2.29 bits per heavy atom. The number of pyridine rings is 1. The first kappa shape index (κ1) is 9.44. The zero-order valence-electron chi connectivity index (χ0n) is 8.33. The van der Waals surface area contributed by atoms with Gasteiger partial charge in [0.05, 0.1) is 6.20 Å². The van der Waals surface area contributed by atoms with Gasteiger partial charge >= 0.3 is 0 Å². The highest BCUT2D eigenvalue weighted by atomic mass is 19.1. The van der Waals surface area contributed by atoms with Crippen molar-refractivity contribution >= 4 is 5.82 Å². The molecule has 0 saturated heterocycles. The summed E-state index contributed by atoms with van der Waals surface area (Å²) in [6, 6.07) is 3.65. The van der Waals surface area contributed by atoms with Crippen LogP contribution in [0.15, 0.2) is 18.3 Å². The number of hydrogen-bond acceptors (Lipinski definition) is 2. The second-order valence-electron chi connectivity index (χ2n) is 4.12. The molecule has 1 saturated carbocycles. The third-order valence-corrected chi connectivity index (χ3v) is 2.77. The lowest BCUT2D eigenvalue weighted by Crippen LogP contribution is -2.16. The molecule has 0 aliphatic heterocycles. The second kappa shape index (κ2) is 3.95. The van der Waals surface area contributed by atoms with E-state index >= 15 is 0 Å². The number of nitrogens with one attached hydrogen (secondary N) is 1. The molecular weight excluding hydrogens is 179 g/mol. The molecule has 2 atom stereocenters. The van der Waals surface area contributed by atoms with Crippen molar-refractivity contribution in [2.75, 3.05) is 5.32 Å². The molecule has 0 bridgehead atoms. The minimum Gasteiger partial charge on any atom is -0.367 e. The lowest BCUT2D eigenvalue weighted by molar-refractivity contribution is 0.601. The van der Waals surface area contributed by atoms with Crippen molar-refractivity contribution in [3.8, 4) is 0 Å². The molecule has 1 aromatic heterocycles. The smallest absolute Gasteiger partial charge is 0.141 e. The zero-order chi connectivity index (χ0) is 9.97. The normalized spacial score (nSPS) is 26.4. The van der Waals surface area contributed by atoms with Gasteiger partial charge < -0.3 is 5.32 Å². The molecule has 0 amide bonds. The van der Waals surface area contributed by atoms with E-state index in [1.54, 1.807) is 6.07 Å². The monoisotopic (exact) mass is 194 g/mol. The molecule has 1 aliphatic rings. The number of rotatable bonds is 2. The van der Waals surface area contributed by atoms with Gasteiger partial charge in [-0.15, -0.1) is 0 Å². The van der Waals surface area contributed by atoms with E-state index in [1.807, 2.05) is 0 Å². The molecule has 1 fully saturated rings. The SMILES string of the molecule is CC1CCC(Nc2ccc(F)cn2)C1. The van der Waals surface area contributed by atoms with Crippen LogP contribution in [0, 0.1) is 11.7 Å². The van der Waals surface area contributed by atoms with Crippen LogP contribution in [0.5, 0.6) is 0 Å². The Balaban J connectivity index is 1.94. The molecule has 2 rings (SSSR count). The van der Waals surface area contributed by atoms with Gasteiger partial charge in [0.15, 0.2) is 0 Å². The number of anilines is 1.